The highest BCUT2D eigenvalue weighted by molar-refractivity contribution is 5.97. The van der Waals surface area contributed by atoms with Crippen molar-refractivity contribution in [1.82, 2.24) is 0 Å². The highest BCUT2D eigenvalue weighted by atomic mass is 19.4. The Hall–Kier alpha value is -1.46. The van der Waals surface area contributed by atoms with E-state index < -0.39 is 17.7 Å². The van der Waals surface area contributed by atoms with Crippen molar-refractivity contribution in [2.45, 2.75) is 78.8 Å². The molecular weight excluding hydrogens is 357 g/mol. The van der Waals surface area contributed by atoms with Crippen LogP contribution in [0.25, 0.3) is 0 Å². The van der Waals surface area contributed by atoms with Gasteiger partial charge in [-0.15, -0.1) is 0 Å². The zero-order valence-electron chi connectivity index (χ0n) is 16.9. The minimum atomic E-state index is -4.93. The first-order chi connectivity index (χ1) is 12.6. The predicted octanol–water partition coefficient (Wildman–Crippen LogP) is 7.06. The third-order valence-electron chi connectivity index (χ3n) is 4.79. The minimum absolute atomic E-state index is 0.0476. The van der Waals surface area contributed by atoms with Gasteiger partial charge < -0.3 is 9.15 Å². The molecule has 2 unspecified atom stereocenters. The van der Waals surface area contributed by atoms with Gasteiger partial charge in [-0.2, -0.15) is 13.2 Å². The van der Waals surface area contributed by atoms with Crippen LogP contribution in [0.3, 0.4) is 0 Å². The van der Waals surface area contributed by atoms with E-state index in [-0.39, 0.29) is 5.95 Å². The Kier molecular flexibility index (Phi) is 9.95. The van der Waals surface area contributed by atoms with Crippen LogP contribution in [0.5, 0.6) is 5.95 Å². The summed E-state index contributed by atoms with van der Waals surface area (Å²) >= 11 is 0. The van der Waals surface area contributed by atoms with Gasteiger partial charge in [0.05, 0.1) is 6.61 Å². The maximum atomic E-state index is 12.3. The van der Waals surface area contributed by atoms with Crippen molar-refractivity contribution in [2.75, 3.05) is 6.61 Å². The second-order valence-electron chi connectivity index (χ2n) is 8.05. The van der Waals surface area contributed by atoms with E-state index in [1.165, 1.54) is 38.2 Å². The zero-order valence-corrected chi connectivity index (χ0v) is 16.9. The number of carbonyl (C=O) groups excluding carboxylic acids is 1. The molecular formula is C21H33F3O3. The third-order valence-corrected chi connectivity index (χ3v) is 4.79. The molecule has 1 aromatic rings. The Labute approximate surface area is 160 Å². The number of hydrogen-bond acceptors (Lipinski definition) is 3. The second kappa shape index (κ2) is 11.4. The smallest absolute Gasteiger partial charge is 0.458 e. The maximum Gasteiger partial charge on any atom is 0.458 e. The molecule has 1 rings (SSSR count). The molecule has 0 spiro atoms. The number of hydrogen-bond donors (Lipinski definition) is 0. The van der Waals surface area contributed by atoms with Gasteiger partial charge in [-0.25, -0.2) is 0 Å². The van der Waals surface area contributed by atoms with Crippen LogP contribution >= 0.6 is 0 Å². The zero-order chi connectivity index (χ0) is 20.4. The highest BCUT2D eigenvalue weighted by Crippen LogP contribution is 2.26. The van der Waals surface area contributed by atoms with Crippen molar-refractivity contribution in [3.63, 3.8) is 0 Å². The number of rotatable bonds is 13. The summed E-state index contributed by atoms with van der Waals surface area (Å²) in [5, 5.41) is 0. The van der Waals surface area contributed by atoms with Crippen molar-refractivity contribution in [2.24, 2.45) is 17.8 Å². The minimum Gasteiger partial charge on any atom is -0.465 e. The molecule has 3 nitrogen and oxygen atoms in total. The summed E-state index contributed by atoms with van der Waals surface area (Å²) in [7, 11) is 0. The molecule has 0 aliphatic rings. The van der Waals surface area contributed by atoms with Crippen molar-refractivity contribution < 1.29 is 27.1 Å². The molecule has 0 saturated heterocycles. The van der Waals surface area contributed by atoms with Crippen LogP contribution in [0.2, 0.25) is 0 Å². The van der Waals surface area contributed by atoms with Crippen LogP contribution in [-0.4, -0.2) is 18.6 Å². The standard InChI is InChI=1S/C21H33F3O3/c1-15(2)7-5-8-16(3)9-6-10-17(4)13-14-26-19-12-11-18(27-19)20(25)21(22,23)24/h11-12,15-17H,5-10,13-14H2,1-4H3. The fourth-order valence-corrected chi connectivity index (χ4v) is 3.00. The van der Waals surface area contributed by atoms with Gasteiger partial charge in [0.2, 0.25) is 0 Å². The third kappa shape index (κ3) is 9.87. The largest absolute Gasteiger partial charge is 0.465 e. The Morgan fingerprint density at radius 2 is 1.52 bits per heavy atom. The molecule has 0 aliphatic carbocycles. The van der Waals surface area contributed by atoms with E-state index in [1.54, 1.807) is 0 Å². The summed E-state index contributed by atoms with van der Waals surface area (Å²) in [6.07, 6.45) is 3.24. The number of ether oxygens (including phenoxy) is 1. The Morgan fingerprint density at radius 1 is 0.963 bits per heavy atom. The maximum absolute atomic E-state index is 12.3. The van der Waals surface area contributed by atoms with E-state index in [0.29, 0.717) is 12.5 Å². The molecule has 1 heterocycles. The molecule has 6 heteroatoms. The molecule has 0 fully saturated rings. The number of alkyl halides is 3. The number of ketones is 1. The summed E-state index contributed by atoms with van der Waals surface area (Å²) in [6, 6.07) is 2.25. The van der Waals surface area contributed by atoms with Crippen LogP contribution in [0.4, 0.5) is 13.2 Å². The first-order valence-electron chi connectivity index (χ1n) is 9.93. The molecule has 1 aromatic heterocycles. The summed E-state index contributed by atoms with van der Waals surface area (Å²) in [4.78, 5) is 11.1. The van der Waals surface area contributed by atoms with Crippen molar-refractivity contribution in [3.05, 3.63) is 17.9 Å². The number of halogens is 3. The van der Waals surface area contributed by atoms with Gasteiger partial charge in [-0.3, -0.25) is 4.79 Å². The lowest BCUT2D eigenvalue weighted by Gasteiger charge is -2.15. The first kappa shape index (κ1) is 23.6. The van der Waals surface area contributed by atoms with Crippen molar-refractivity contribution >= 4 is 5.78 Å². The molecule has 0 amide bonds. The van der Waals surface area contributed by atoms with E-state index in [4.69, 9.17) is 9.15 Å². The number of carbonyl (C=O) groups is 1. The Bertz CT molecular complexity index is 549. The first-order valence-corrected chi connectivity index (χ1v) is 9.93. The van der Waals surface area contributed by atoms with Crippen LogP contribution in [-0.2, 0) is 0 Å². The Balaban J connectivity index is 2.18. The average molecular weight is 390 g/mol. The number of Topliss-reactive ketones (excluding diaryl/α,β-unsaturated/α-hetero) is 1. The molecule has 0 aromatic carbocycles. The fraction of sp³-hybridized carbons (Fsp3) is 0.762. The van der Waals surface area contributed by atoms with Gasteiger partial charge >= 0.3 is 12.0 Å². The van der Waals surface area contributed by atoms with Gasteiger partial charge in [-0.1, -0.05) is 66.2 Å². The van der Waals surface area contributed by atoms with Crippen molar-refractivity contribution in [1.29, 1.82) is 0 Å². The van der Waals surface area contributed by atoms with Crippen LogP contribution in [0.15, 0.2) is 16.5 Å². The van der Waals surface area contributed by atoms with Gasteiger partial charge in [0.15, 0.2) is 5.76 Å². The second-order valence-corrected chi connectivity index (χ2v) is 8.05. The summed E-state index contributed by atoms with van der Waals surface area (Å²) in [5.41, 5.74) is 0. The van der Waals surface area contributed by atoms with Gasteiger partial charge in [-0.05, 0) is 30.2 Å². The van der Waals surface area contributed by atoms with Crippen LogP contribution in [0.1, 0.15) is 83.2 Å². The lowest BCUT2D eigenvalue weighted by atomic mass is 9.93. The number of furan rings is 1. The van der Waals surface area contributed by atoms with E-state index >= 15 is 0 Å². The quantitative estimate of drug-likeness (QED) is 0.338. The fourth-order valence-electron chi connectivity index (χ4n) is 3.00. The summed E-state index contributed by atoms with van der Waals surface area (Å²) < 4.78 is 47.2. The molecule has 27 heavy (non-hydrogen) atoms. The topological polar surface area (TPSA) is 39.4 Å². The molecule has 0 N–H and O–H groups in total. The molecule has 156 valence electrons. The van der Waals surface area contributed by atoms with Crippen LogP contribution in [0, 0.1) is 17.8 Å². The Morgan fingerprint density at radius 3 is 2.07 bits per heavy atom. The van der Waals surface area contributed by atoms with Gasteiger partial charge in [0.25, 0.3) is 5.95 Å². The van der Waals surface area contributed by atoms with Gasteiger partial charge in [0.1, 0.15) is 0 Å². The summed E-state index contributed by atoms with van der Waals surface area (Å²) in [5.74, 6) is -0.785. The molecule has 0 radical (unpaired) electrons. The van der Waals surface area contributed by atoms with Crippen molar-refractivity contribution in [3.8, 4) is 5.95 Å². The normalized spacial score (nSPS) is 14.4. The molecule has 0 saturated carbocycles. The summed E-state index contributed by atoms with van der Waals surface area (Å²) in [6.45, 7) is 9.33. The predicted molar refractivity (Wildman–Crippen MR) is 100 cm³/mol. The lowest BCUT2D eigenvalue weighted by Crippen LogP contribution is -2.22. The molecule has 0 aliphatic heterocycles. The van der Waals surface area contributed by atoms with E-state index in [2.05, 4.69) is 27.7 Å². The lowest BCUT2D eigenvalue weighted by molar-refractivity contribution is -0.0900. The monoisotopic (exact) mass is 390 g/mol. The van der Waals surface area contributed by atoms with Gasteiger partial charge in [0, 0.05) is 6.07 Å². The molecule has 2 atom stereocenters. The average Bonchev–Trinajstić information content (AvgIpc) is 3.01. The SMILES string of the molecule is CC(C)CCCC(C)CCCC(C)CCOc1ccc(C(=O)C(F)(F)F)o1. The van der Waals surface area contributed by atoms with E-state index in [9.17, 15) is 18.0 Å². The van der Waals surface area contributed by atoms with Crippen LogP contribution < -0.4 is 4.74 Å². The molecule has 0 bridgehead atoms. The van der Waals surface area contributed by atoms with E-state index in [1.807, 2.05) is 0 Å². The highest BCUT2D eigenvalue weighted by Gasteiger charge is 2.41. The van der Waals surface area contributed by atoms with E-state index in [0.717, 1.165) is 30.7 Å².